The van der Waals surface area contributed by atoms with Crippen LogP contribution in [-0.2, 0) is 20.8 Å². The van der Waals surface area contributed by atoms with Gasteiger partial charge < -0.3 is 15.1 Å². The lowest BCUT2D eigenvalue weighted by molar-refractivity contribution is -0.159. The van der Waals surface area contributed by atoms with Crippen LogP contribution in [0.3, 0.4) is 0 Å². The number of carboxylic acids is 2. The van der Waals surface area contributed by atoms with Crippen LogP contribution in [-0.4, -0.2) is 47.4 Å². The van der Waals surface area contributed by atoms with Gasteiger partial charge in [0.2, 0.25) is 0 Å². The lowest BCUT2D eigenvalue weighted by Gasteiger charge is -2.28. The number of hydrogen-bond donors (Lipinski definition) is 2. The molecule has 1 atom stereocenters. The third kappa shape index (κ3) is 7.91. The molecule has 1 aliphatic rings. The molecule has 2 aromatic carbocycles. The fraction of sp³-hybridized carbons (Fsp3) is 0.440. The minimum absolute atomic E-state index is 0.0456. The maximum Gasteiger partial charge on any atom is 0.414 e. The highest BCUT2D eigenvalue weighted by atomic mass is 19.1. The normalized spacial score (nSPS) is 13.9. The van der Waals surface area contributed by atoms with Crippen molar-refractivity contribution in [2.75, 3.05) is 20.2 Å². The molecule has 2 N–H and O–H groups in total. The highest BCUT2D eigenvalue weighted by Crippen LogP contribution is 2.33. The quantitative estimate of drug-likeness (QED) is 0.438. The Bertz CT molecular complexity index is 936. The molecule has 1 fully saturated rings. The Morgan fingerprint density at radius 1 is 1.06 bits per heavy atom. The summed E-state index contributed by atoms with van der Waals surface area (Å²) in [4.78, 5) is 23.8. The molecular weight excluding hydrogens is 432 g/mol. The van der Waals surface area contributed by atoms with Gasteiger partial charge in [0, 0.05) is 24.6 Å². The van der Waals surface area contributed by atoms with Gasteiger partial charge in [0.25, 0.3) is 0 Å². The average molecular weight is 464 g/mol. The van der Waals surface area contributed by atoms with Gasteiger partial charge in [0.05, 0.1) is 7.11 Å². The Hall–Kier alpha value is -2.84. The summed E-state index contributed by atoms with van der Waals surface area (Å²) in [7, 11) is 1.68. The van der Waals surface area contributed by atoms with Crippen LogP contribution < -0.4 is 0 Å². The summed E-state index contributed by atoms with van der Waals surface area (Å²) >= 11 is 0. The largest absolute Gasteiger partial charge is 0.473 e. The molecule has 1 saturated carbocycles. The van der Waals surface area contributed by atoms with E-state index in [0.29, 0.717) is 18.9 Å². The van der Waals surface area contributed by atoms with Crippen LogP contribution in [0.5, 0.6) is 0 Å². The lowest BCUT2D eigenvalue weighted by Crippen LogP contribution is -2.31. The molecule has 1 aliphatic carbocycles. The zero-order valence-corrected chi connectivity index (χ0v) is 19.4. The SMILES string of the molecule is CON(CC1CC1)CC(Cc1c(F)cccc1F)c1c(C)cc(C)cc1C.O=C(O)C(=O)O. The van der Waals surface area contributed by atoms with E-state index in [2.05, 4.69) is 32.9 Å². The summed E-state index contributed by atoms with van der Waals surface area (Å²) < 4.78 is 28.7. The monoisotopic (exact) mass is 463 g/mol. The number of rotatable bonds is 8. The van der Waals surface area contributed by atoms with Crippen LogP contribution in [0.15, 0.2) is 30.3 Å². The smallest absolute Gasteiger partial charge is 0.414 e. The van der Waals surface area contributed by atoms with Gasteiger partial charge in [-0.25, -0.2) is 18.4 Å². The molecule has 0 aliphatic heterocycles. The minimum Gasteiger partial charge on any atom is -0.473 e. The molecule has 0 spiro atoms. The maximum absolute atomic E-state index is 14.3. The molecule has 6 nitrogen and oxygen atoms in total. The van der Waals surface area contributed by atoms with Crippen LogP contribution in [0, 0.1) is 38.3 Å². The van der Waals surface area contributed by atoms with Gasteiger partial charge in [0.1, 0.15) is 11.6 Å². The van der Waals surface area contributed by atoms with Crippen molar-refractivity contribution >= 4 is 11.9 Å². The van der Waals surface area contributed by atoms with Gasteiger partial charge in [-0.2, -0.15) is 5.06 Å². The van der Waals surface area contributed by atoms with Crippen LogP contribution in [0.1, 0.15) is 46.6 Å². The summed E-state index contributed by atoms with van der Waals surface area (Å²) in [5, 5.41) is 16.7. The van der Waals surface area contributed by atoms with E-state index in [0.717, 1.165) is 17.7 Å². The first kappa shape index (κ1) is 26.4. The number of aliphatic carboxylic acids is 2. The summed E-state index contributed by atoms with van der Waals surface area (Å²) in [6.45, 7) is 7.72. The molecule has 0 amide bonds. The van der Waals surface area contributed by atoms with Crippen molar-refractivity contribution in [3.8, 4) is 0 Å². The second-order valence-corrected chi connectivity index (χ2v) is 8.50. The fourth-order valence-corrected chi connectivity index (χ4v) is 4.12. The number of nitrogens with zero attached hydrogens (tertiary/aromatic N) is 1. The third-order valence-corrected chi connectivity index (χ3v) is 5.68. The number of aryl methyl sites for hydroxylation is 3. The maximum atomic E-state index is 14.3. The Morgan fingerprint density at radius 3 is 2.00 bits per heavy atom. The van der Waals surface area contributed by atoms with E-state index in [1.807, 2.05) is 5.06 Å². The summed E-state index contributed by atoms with van der Waals surface area (Å²) in [5.74, 6) is -3.97. The van der Waals surface area contributed by atoms with E-state index in [1.165, 1.54) is 42.2 Å². The molecule has 0 bridgehead atoms. The van der Waals surface area contributed by atoms with Gasteiger partial charge in [-0.1, -0.05) is 23.8 Å². The summed E-state index contributed by atoms with van der Waals surface area (Å²) in [6.07, 6.45) is 2.78. The highest BCUT2D eigenvalue weighted by molar-refractivity contribution is 6.27. The van der Waals surface area contributed by atoms with E-state index in [-0.39, 0.29) is 11.5 Å². The van der Waals surface area contributed by atoms with E-state index < -0.39 is 23.6 Å². The van der Waals surface area contributed by atoms with Crippen molar-refractivity contribution in [1.82, 2.24) is 5.06 Å². The fourth-order valence-electron chi connectivity index (χ4n) is 4.12. The van der Waals surface area contributed by atoms with Crippen LogP contribution in [0.25, 0.3) is 0 Å². The van der Waals surface area contributed by atoms with Gasteiger partial charge >= 0.3 is 11.9 Å². The molecule has 3 rings (SSSR count). The number of benzene rings is 2. The number of hydroxylamine groups is 2. The Balaban J connectivity index is 0.000000569. The minimum atomic E-state index is -1.82. The van der Waals surface area contributed by atoms with E-state index in [9.17, 15) is 8.78 Å². The molecule has 0 radical (unpaired) electrons. The molecule has 2 aromatic rings. The Morgan fingerprint density at radius 2 is 1.58 bits per heavy atom. The molecule has 0 heterocycles. The summed E-state index contributed by atoms with van der Waals surface area (Å²) in [6, 6.07) is 8.38. The molecule has 1 unspecified atom stereocenters. The summed E-state index contributed by atoms with van der Waals surface area (Å²) in [5.41, 5.74) is 4.85. The number of carboxylic acid groups (broad SMARTS) is 2. The number of halogens is 2. The second-order valence-electron chi connectivity index (χ2n) is 8.50. The zero-order chi connectivity index (χ0) is 24.7. The first-order chi connectivity index (χ1) is 15.5. The van der Waals surface area contributed by atoms with Crippen molar-refractivity contribution in [3.63, 3.8) is 0 Å². The molecule has 33 heavy (non-hydrogen) atoms. The first-order valence-corrected chi connectivity index (χ1v) is 10.8. The van der Waals surface area contributed by atoms with Crippen molar-refractivity contribution < 1.29 is 33.4 Å². The van der Waals surface area contributed by atoms with Crippen LogP contribution in [0.2, 0.25) is 0 Å². The molecule has 8 heteroatoms. The predicted octanol–water partition coefficient (Wildman–Crippen LogP) is 4.65. The molecule has 180 valence electrons. The van der Waals surface area contributed by atoms with E-state index in [4.69, 9.17) is 24.6 Å². The standard InChI is InChI=1S/C23H29F2NO.C2H2O4/c1-15-10-16(2)23(17(3)11-15)19(14-26(27-4)13-18-8-9-18)12-20-21(24)6-5-7-22(20)25;3-1(4)2(5)6/h5-7,10-11,18-19H,8-9,12-14H2,1-4H3;(H,3,4)(H,5,6). The van der Waals surface area contributed by atoms with Crippen LogP contribution >= 0.6 is 0 Å². The van der Waals surface area contributed by atoms with Crippen molar-refractivity contribution in [2.24, 2.45) is 5.92 Å². The van der Waals surface area contributed by atoms with Crippen molar-refractivity contribution in [2.45, 2.75) is 46.0 Å². The first-order valence-electron chi connectivity index (χ1n) is 10.8. The predicted molar refractivity (Wildman–Crippen MR) is 120 cm³/mol. The molecule has 0 aromatic heterocycles. The van der Waals surface area contributed by atoms with Crippen molar-refractivity contribution in [3.05, 3.63) is 69.8 Å². The highest BCUT2D eigenvalue weighted by Gasteiger charge is 2.28. The molecular formula is C25H31F2NO5. The van der Waals surface area contributed by atoms with E-state index in [1.54, 1.807) is 7.11 Å². The average Bonchev–Trinajstić information content (AvgIpc) is 3.53. The van der Waals surface area contributed by atoms with Gasteiger partial charge in [-0.15, -0.1) is 0 Å². The van der Waals surface area contributed by atoms with Crippen molar-refractivity contribution in [1.29, 1.82) is 0 Å². The van der Waals surface area contributed by atoms with Gasteiger partial charge in [-0.3, -0.25) is 0 Å². The van der Waals surface area contributed by atoms with E-state index >= 15 is 0 Å². The van der Waals surface area contributed by atoms with Crippen LogP contribution in [0.4, 0.5) is 8.78 Å². The number of carbonyl (C=O) groups is 2. The molecule has 0 saturated heterocycles. The second kappa shape index (κ2) is 11.9. The zero-order valence-electron chi connectivity index (χ0n) is 19.4. The van der Waals surface area contributed by atoms with Gasteiger partial charge in [0.15, 0.2) is 0 Å². The Kier molecular flexibility index (Phi) is 9.49. The Labute approximate surface area is 192 Å². The van der Waals surface area contributed by atoms with Gasteiger partial charge in [-0.05, 0) is 74.8 Å². The topological polar surface area (TPSA) is 87.1 Å². The lowest BCUT2D eigenvalue weighted by atomic mass is 9.85. The third-order valence-electron chi connectivity index (χ3n) is 5.68. The number of hydrogen-bond acceptors (Lipinski definition) is 4.